The van der Waals surface area contributed by atoms with Gasteiger partial charge in [-0.3, -0.25) is 0 Å². The predicted molar refractivity (Wildman–Crippen MR) is 40.7 cm³/mol. The summed E-state index contributed by atoms with van der Waals surface area (Å²) in [4.78, 5) is 0. The molecule has 1 aromatic rings. The summed E-state index contributed by atoms with van der Waals surface area (Å²) in [7, 11) is 0.659. The quantitative estimate of drug-likeness (QED) is 0.564. The highest BCUT2D eigenvalue weighted by molar-refractivity contribution is 6.52. The lowest BCUT2D eigenvalue weighted by molar-refractivity contribution is 0.470. The second-order valence-corrected chi connectivity index (χ2v) is 2.13. The van der Waals surface area contributed by atoms with Crippen LogP contribution in [0.3, 0.4) is 0 Å². The van der Waals surface area contributed by atoms with Crippen LogP contribution in [0.15, 0.2) is 18.2 Å². The Kier molecular flexibility index (Phi) is 1.95. The number of benzene rings is 1. The van der Waals surface area contributed by atoms with Crippen molar-refractivity contribution in [1.82, 2.24) is 0 Å². The van der Waals surface area contributed by atoms with Gasteiger partial charge in [0.15, 0.2) is 7.28 Å². The SMILES string of the molecule is CBc1ccc(O)cc1F. The number of phenols is 1. The monoisotopic (exact) mass is 138 g/mol. The van der Waals surface area contributed by atoms with Crippen molar-refractivity contribution >= 4 is 12.7 Å². The van der Waals surface area contributed by atoms with E-state index in [-0.39, 0.29) is 11.6 Å². The first-order valence-corrected chi connectivity index (χ1v) is 3.21. The van der Waals surface area contributed by atoms with E-state index in [0.717, 1.165) is 6.07 Å². The van der Waals surface area contributed by atoms with Crippen LogP contribution in [0, 0.1) is 5.82 Å². The molecular weight excluding hydrogens is 130 g/mol. The minimum Gasteiger partial charge on any atom is -0.508 e. The maximum Gasteiger partial charge on any atom is 0.158 e. The second kappa shape index (κ2) is 2.73. The fourth-order valence-electron chi connectivity index (χ4n) is 0.823. The lowest BCUT2D eigenvalue weighted by Crippen LogP contribution is -2.14. The molecule has 0 bridgehead atoms. The van der Waals surface area contributed by atoms with E-state index >= 15 is 0 Å². The Morgan fingerprint density at radius 2 is 2.20 bits per heavy atom. The van der Waals surface area contributed by atoms with Gasteiger partial charge in [-0.2, -0.15) is 0 Å². The molecule has 0 amide bonds. The highest BCUT2D eigenvalue weighted by atomic mass is 19.1. The van der Waals surface area contributed by atoms with Crippen LogP contribution in [0.2, 0.25) is 6.82 Å². The fraction of sp³-hybridized carbons (Fsp3) is 0.143. The number of halogens is 1. The minimum atomic E-state index is -0.331. The topological polar surface area (TPSA) is 20.2 Å². The first-order valence-electron chi connectivity index (χ1n) is 3.21. The van der Waals surface area contributed by atoms with Gasteiger partial charge in [0.25, 0.3) is 0 Å². The second-order valence-electron chi connectivity index (χ2n) is 2.13. The van der Waals surface area contributed by atoms with Gasteiger partial charge in [0, 0.05) is 6.07 Å². The maximum absolute atomic E-state index is 12.7. The van der Waals surface area contributed by atoms with Crippen LogP contribution >= 0.6 is 0 Å². The molecule has 0 atom stereocenters. The van der Waals surface area contributed by atoms with Crippen LogP contribution < -0.4 is 5.46 Å². The van der Waals surface area contributed by atoms with E-state index in [1.165, 1.54) is 6.07 Å². The van der Waals surface area contributed by atoms with Crippen molar-refractivity contribution in [3.05, 3.63) is 24.0 Å². The molecule has 0 unspecified atom stereocenters. The van der Waals surface area contributed by atoms with Crippen molar-refractivity contribution in [3.8, 4) is 5.75 Å². The average Bonchev–Trinajstić information content (AvgIpc) is 1.88. The van der Waals surface area contributed by atoms with E-state index in [1.807, 2.05) is 6.82 Å². The van der Waals surface area contributed by atoms with Gasteiger partial charge in [0.2, 0.25) is 0 Å². The Morgan fingerprint density at radius 1 is 1.50 bits per heavy atom. The van der Waals surface area contributed by atoms with Gasteiger partial charge in [-0.05, 0) is 11.5 Å². The van der Waals surface area contributed by atoms with Gasteiger partial charge in [-0.1, -0.05) is 12.9 Å². The Hall–Kier alpha value is -0.985. The maximum atomic E-state index is 12.7. The number of hydrogen-bond donors (Lipinski definition) is 1. The van der Waals surface area contributed by atoms with Crippen LogP contribution in [0.25, 0.3) is 0 Å². The van der Waals surface area contributed by atoms with Gasteiger partial charge >= 0.3 is 0 Å². The molecule has 1 N–H and O–H groups in total. The fourth-order valence-corrected chi connectivity index (χ4v) is 0.823. The number of aromatic hydroxyl groups is 1. The number of hydrogen-bond acceptors (Lipinski definition) is 1. The van der Waals surface area contributed by atoms with E-state index in [0.29, 0.717) is 12.7 Å². The molecule has 0 aliphatic heterocycles. The van der Waals surface area contributed by atoms with Crippen LogP contribution in [0.4, 0.5) is 4.39 Å². The van der Waals surface area contributed by atoms with Crippen LogP contribution in [-0.2, 0) is 0 Å². The van der Waals surface area contributed by atoms with Crippen molar-refractivity contribution in [2.75, 3.05) is 0 Å². The van der Waals surface area contributed by atoms with E-state index in [2.05, 4.69) is 0 Å². The van der Waals surface area contributed by atoms with E-state index in [9.17, 15) is 4.39 Å². The van der Waals surface area contributed by atoms with Crippen molar-refractivity contribution in [3.63, 3.8) is 0 Å². The molecule has 0 heterocycles. The van der Waals surface area contributed by atoms with Crippen molar-refractivity contribution in [1.29, 1.82) is 0 Å². The molecule has 0 aliphatic rings. The van der Waals surface area contributed by atoms with Crippen LogP contribution in [0.1, 0.15) is 0 Å². The first-order chi connectivity index (χ1) is 4.74. The Balaban J connectivity index is 3.07. The lowest BCUT2D eigenvalue weighted by atomic mass is 9.73. The highest BCUT2D eigenvalue weighted by Crippen LogP contribution is 2.06. The molecule has 1 rings (SSSR count). The third kappa shape index (κ3) is 1.29. The minimum absolute atomic E-state index is 0.0188. The first kappa shape index (κ1) is 7.13. The van der Waals surface area contributed by atoms with Gasteiger partial charge in [-0.15, -0.1) is 0 Å². The molecule has 1 nitrogen and oxygen atoms in total. The summed E-state index contributed by atoms with van der Waals surface area (Å²) in [6.45, 7) is 1.87. The summed E-state index contributed by atoms with van der Waals surface area (Å²) in [5.74, 6) is -0.350. The van der Waals surface area contributed by atoms with Gasteiger partial charge < -0.3 is 5.11 Å². The number of rotatable bonds is 1. The zero-order valence-corrected chi connectivity index (χ0v) is 5.76. The number of phenolic OH excluding ortho intramolecular Hbond substituents is 1. The summed E-state index contributed by atoms with van der Waals surface area (Å²) < 4.78 is 12.7. The molecule has 0 saturated carbocycles. The molecule has 52 valence electrons. The van der Waals surface area contributed by atoms with E-state index in [4.69, 9.17) is 5.11 Å². The van der Waals surface area contributed by atoms with E-state index in [1.54, 1.807) is 6.07 Å². The van der Waals surface area contributed by atoms with Crippen molar-refractivity contribution in [2.24, 2.45) is 0 Å². The summed E-state index contributed by atoms with van der Waals surface area (Å²) >= 11 is 0. The summed E-state index contributed by atoms with van der Waals surface area (Å²) in [5.41, 5.74) is 0.637. The lowest BCUT2D eigenvalue weighted by Gasteiger charge is -1.97. The zero-order chi connectivity index (χ0) is 7.56. The Bertz CT molecular complexity index is 237. The molecule has 0 fully saturated rings. The van der Waals surface area contributed by atoms with Crippen molar-refractivity contribution in [2.45, 2.75) is 6.82 Å². The standard InChI is InChI=1S/C7H8BFO/c1-8-6-3-2-5(10)4-7(6)9/h2-4,8,10H,1H3. The van der Waals surface area contributed by atoms with E-state index < -0.39 is 0 Å². The molecule has 0 aromatic heterocycles. The molecular formula is C7H8BFO. The molecule has 0 saturated heterocycles. The van der Waals surface area contributed by atoms with Gasteiger partial charge in [0.05, 0.1) is 0 Å². The Labute approximate surface area is 59.7 Å². The smallest absolute Gasteiger partial charge is 0.158 e. The zero-order valence-electron chi connectivity index (χ0n) is 5.76. The summed E-state index contributed by atoms with van der Waals surface area (Å²) in [6, 6.07) is 4.20. The molecule has 0 spiro atoms. The molecule has 0 radical (unpaired) electrons. The molecule has 3 heteroatoms. The molecule has 1 aromatic carbocycles. The van der Waals surface area contributed by atoms with Gasteiger partial charge in [-0.25, -0.2) is 4.39 Å². The van der Waals surface area contributed by atoms with Crippen molar-refractivity contribution < 1.29 is 9.50 Å². The third-order valence-corrected chi connectivity index (χ3v) is 1.42. The third-order valence-electron chi connectivity index (χ3n) is 1.42. The molecule has 0 aliphatic carbocycles. The average molecular weight is 138 g/mol. The van der Waals surface area contributed by atoms with Crippen LogP contribution in [0.5, 0.6) is 5.75 Å². The normalized spacial score (nSPS) is 9.40. The Morgan fingerprint density at radius 3 is 2.70 bits per heavy atom. The largest absolute Gasteiger partial charge is 0.508 e. The van der Waals surface area contributed by atoms with Gasteiger partial charge in [0.1, 0.15) is 11.6 Å². The van der Waals surface area contributed by atoms with Crippen LogP contribution in [-0.4, -0.2) is 12.4 Å². The predicted octanol–water partition coefficient (Wildman–Crippen LogP) is 0.641. The summed E-state index contributed by atoms with van der Waals surface area (Å²) in [5, 5.41) is 8.79. The molecule has 10 heavy (non-hydrogen) atoms. The highest BCUT2D eigenvalue weighted by Gasteiger charge is 1.99. The summed E-state index contributed by atoms with van der Waals surface area (Å²) in [6.07, 6.45) is 0.